The molecule has 2 aromatic heterocycles. The van der Waals surface area contributed by atoms with Gasteiger partial charge < -0.3 is 5.32 Å². The summed E-state index contributed by atoms with van der Waals surface area (Å²) in [6, 6.07) is 3.84. The van der Waals surface area contributed by atoms with Crippen LogP contribution in [0.15, 0.2) is 29.0 Å². The van der Waals surface area contributed by atoms with Gasteiger partial charge in [-0.25, -0.2) is 0 Å². The Morgan fingerprint density at radius 1 is 1.38 bits per heavy atom. The smallest absolute Gasteiger partial charge is 0.0948 e. The van der Waals surface area contributed by atoms with Crippen molar-refractivity contribution in [1.29, 1.82) is 0 Å². The van der Waals surface area contributed by atoms with Crippen molar-refractivity contribution in [2.45, 2.75) is 39.3 Å². The van der Waals surface area contributed by atoms with Crippen molar-refractivity contribution in [2.75, 3.05) is 6.54 Å². The zero-order valence-corrected chi connectivity index (χ0v) is 14.7. The minimum Gasteiger partial charge on any atom is -0.304 e. The van der Waals surface area contributed by atoms with Gasteiger partial charge in [-0.15, -0.1) is 0 Å². The third kappa shape index (κ3) is 3.84. The fourth-order valence-electron chi connectivity index (χ4n) is 2.27. The van der Waals surface area contributed by atoms with Crippen LogP contribution in [0.1, 0.15) is 44.1 Å². The number of nitrogens with zero attached hydrogens (tertiary/aromatic N) is 3. The molecule has 0 saturated carbocycles. The summed E-state index contributed by atoms with van der Waals surface area (Å²) in [5.74, 6) is 0. The topological polar surface area (TPSA) is 42.7 Å². The third-order valence-corrected chi connectivity index (χ3v) is 4.16. The molecule has 0 amide bonds. The molecule has 114 valence electrons. The van der Waals surface area contributed by atoms with E-state index in [0.717, 1.165) is 41.8 Å². The number of hydrogen-bond donors (Lipinski definition) is 1. The highest BCUT2D eigenvalue weighted by molar-refractivity contribution is 9.10. The van der Waals surface area contributed by atoms with Gasteiger partial charge in [-0.3, -0.25) is 9.67 Å². The lowest BCUT2D eigenvalue weighted by molar-refractivity contribution is 0.504. The Labute approximate surface area is 139 Å². The molecule has 4 nitrogen and oxygen atoms in total. The Balaban J connectivity index is 2.45. The Kier molecular flexibility index (Phi) is 6.21. The van der Waals surface area contributed by atoms with Gasteiger partial charge in [-0.05, 0) is 47.4 Å². The SMILES string of the molecule is CCCNC(c1ncccc1Br)c1c(Cl)cnn1CCC. The van der Waals surface area contributed by atoms with Crippen molar-refractivity contribution >= 4 is 27.5 Å². The lowest BCUT2D eigenvalue weighted by Gasteiger charge is -2.21. The molecule has 0 aliphatic carbocycles. The summed E-state index contributed by atoms with van der Waals surface area (Å²) in [7, 11) is 0. The maximum absolute atomic E-state index is 6.39. The summed E-state index contributed by atoms with van der Waals surface area (Å²) in [6.45, 7) is 6.01. The standard InChI is InChI=1S/C15H20BrClN4/c1-3-7-18-14(13-11(16)6-5-8-19-13)15-12(17)10-20-21(15)9-4-2/h5-6,8,10,14,18H,3-4,7,9H2,1-2H3. The quantitative estimate of drug-likeness (QED) is 0.793. The fraction of sp³-hybridized carbons (Fsp3) is 0.467. The van der Waals surface area contributed by atoms with Crippen molar-refractivity contribution in [3.05, 3.63) is 45.4 Å². The molecule has 0 bridgehead atoms. The third-order valence-electron chi connectivity index (χ3n) is 3.20. The first kappa shape index (κ1) is 16.5. The van der Waals surface area contributed by atoms with Crippen LogP contribution in [0.4, 0.5) is 0 Å². The van der Waals surface area contributed by atoms with E-state index in [1.54, 1.807) is 12.4 Å². The molecule has 1 atom stereocenters. The van der Waals surface area contributed by atoms with E-state index in [2.05, 4.69) is 45.2 Å². The Morgan fingerprint density at radius 2 is 2.19 bits per heavy atom. The van der Waals surface area contributed by atoms with Crippen LogP contribution in [0, 0.1) is 0 Å². The second kappa shape index (κ2) is 7.92. The molecule has 0 spiro atoms. The zero-order chi connectivity index (χ0) is 15.2. The molecule has 0 saturated heterocycles. The summed E-state index contributed by atoms with van der Waals surface area (Å²) < 4.78 is 2.94. The Bertz CT molecular complexity index is 585. The summed E-state index contributed by atoms with van der Waals surface area (Å²) in [6.07, 6.45) is 5.56. The van der Waals surface area contributed by atoms with Crippen LogP contribution >= 0.6 is 27.5 Å². The van der Waals surface area contributed by atoms with Crippen molar-refractivity contribution < 1.29 is 0 Å². The minimum absolute atomic E-state index is 0.0675. The monoisotopic (exact) mass is 370 g/mol. The van der Waals surface area contributed by atoms with Gasteiger partial charge >= 0.3 is 0 Å². The van der Waals surface area contributed by atoms with E-state index in [1.807, 2.05) is 16.8 Å². The van der Waals surface area contributed by atoms with E-state index >= 15 is 0 Å². The molecule has 2 rings (SSSR count). The van der Waals surface area contributed by atoms with Crippen molar-refractivity contribution in [1.82, 2.24) is 20.1 Å². The number of nitrogens with one attached hydrogen (secondary N) is 1. The number of aryl methyl sites for hydroxylation is 1. The second-order valence-electron chi connectivity index (χ2n) is 4.86. The largest absolute Gasteiger partial charge is 0.304 e. The normalized spacial score (nSPS) is 12.6. The van der Waals surface area contributed by atoms with E-state index < -0.39 is 0 Å². The Hall–Kier alpha value is -0.910. The van der Waals surface area contributed by atoms with Gasteiger partial charge in [0.25, 0.3) is 0 Å². The van der Waals surface area contributed by atoms with Gasteiger partial charge in [0.2, 0.25) is 0 Å². The summed E-state index contributed by atoms with van der Waals surface area (Å²) in [5, 5.41) is 8.60. The van der Waals surface area contributed by atoms with E-state index in [0.29, 0.717) is 5.02 Å². The molecule has 6 heteroatoms. The first-order valence-electron chi connectivity index (χ1n) is 7.24. The lowest BCUT2D eigenvalue weighted by atomic mass is 10.1. The van der Waals surface area contributed by atoms with Crippen LogP contribution in [0.3, 0.4) is 0 Å². The van der Waals surface area contributed by atoms with E-state index in [9.17, 15) is 0 Å². The predicted octanol–water partition coefficient (Wildman–Crippen LogP) is 4.19. The van der Waals surface area contributed by atoms with Crippen LogP contribution in [0.5, 0.6) is 0 Å². The summed E-state index contributed by atoms with van der Waals surface area (Å²) in [5.41, 5.74) is 1.91. The zero-order valence-electron chi connectivity index (χ0n) is 12.3. The van der Waals surface area contributed by atoms with Gasteiger partial charge in [0.15, 0.2) is 0 Å². The Morgan fingerprint density at radius 3 is 2.86 bits per heavy atom. The van der Waals surface area contributed by atoms with Crippen molar-refractivity contribution in [2.24, 2.45) is 0 Å². The number of pyridine rings is 1. The number of hydrogen-bond acceptors (Lipinski definition) is 3. The molecule has 21 heavy (non-hydrogen) atoms. The predicted molar refractivity (Wildman–Crippen MR) is 89.6 cm³/mol. The van der Waals surface area contributed by atoms with Crippen LogP contribution in [0.25, 0.3) is 0 Å². The summed E-state index contributed by atoms with van der Waals surface area (Å²) in [4.78, 5) is 4.52. The molecule has 0 aliphatic rings. The molecule has 1 N–H and O–H groups in total. The molecule has 2 aromatic rings. The highest BCUT2D eigenvalue weighted by atomic mass is 79.9. The average molecular weight is 372 g/mol. The van der Waals surface area contributed by atoms with Crippen LogP contribution in [-0.4, -0.2) is 21.3 Å². The van der Waals surface area contributed by atoms with E-state index in [-0.39, 0.29) is 6.04 Å². The van der Waals surface area contributed by atoms with Gasteiger partial charge in [0, 0.05) is 17.2 Å². The molecular weight excluding hydrogens is 352 g/mol. The number of rotatable bonds is 7. The molecule has 0 aromatic carbocycles. The van der Waals surface area contributed by atoms with Gasteiger partial charge in [0.05, 0.1) is 28.6 Å². The number of halogens is 2. The minimum atomic E-state index is -0.0675. The summed E-state index contributed by atoms with van der Waals surface area (Å²) >= 11 is 9.98. The maximum Gasteiger partial charge on any atom is 0.0948 e. The van der Waals surface area contributed by atoms with Crippen LogP contribution in [0.2, 0.25) is 5.02 Å². The van der Waals surface area contributed by atoms with Crippen molar-refractivity contribution in [3.8, 4) is 0 Å². The maximum atomic E-state index is 6.39. The fourth-order valence-corrected chi connectivity index (χ4v) is 3.00. The lowest BCUT2D eigenvalue weighted by Crippen LogP contribution is -2.27. The first-order chi connectivity index (χ1) is 10.2. The van der Waals surface area contributed by atoms with E-state index in [1.165, 1.54) is 0 Å². The van der Waals surface area contributed by atoms with Crippen LogP contribution < -0.4 is 5.32 Å². The number of aromatic nitrogens is 3. The molecule has 0 fully saturated rings. The average Bonchev–Trinajstić information content (AvgIpc) is 2.83. The molecule has 0 radical (unpaired) electrons. The molecule has 0 aliphatic heterocycles. The second-order valence-corrected chi connectivity index (χ2v) is 6.12. The van der Waals surface area contributed by atoms with Gasteiger partial charge in [0.1, 0.15) is 0 Å². The first-order valence-corrected chi connectivity index (χ1v) is 8.41. The van der Waals surface area contributed by atoms with Gasteiger partial charge in [-0.2, -0.15) is 5.10 Å². The molecular formula is C15H20BrClN4. The molecule has 1 unspecified atom stereocenters. The molecule has 2 heterocycles. The highest BCUT2D eigenvalue weighted by Gasteiger charge is 2.24. The van der Waals surface area contributed by atoms with Crippen molar-refractivity contribution in [3.63, 3.8) is 0 Å². The highest BCUT2D eigenvalue weighted by Crippen LogP contribution is 2.31. The van der Waals surface area contributed by atoms with Crippen LogP contribution in [-0.2, 0) is 6.54 Å². The van der Waals surface area contributed by atoms with Gasteiger partial charge in [-0.1, -0.05) is 25.4 Å². The van der Waals surface area contributed by atoms with E-state index in [4.69, 9.17) is 11.6 Å².